The highest BCUT2D eigenvalue weighted by atomic mass is 16.5. The van der Waals surface area contributed by atoms with Crippen LogP contribution in [0.2, 0.25) is 0 Å². The van der Waals surface area contributed by atoms with Gasteiger partial charge < -0.3 is 15.2 Å². The van der Waals surface area contributed by atoms with E-state index >= 15 is 0 Å². The zero-order chi connectivity index (χ0) is 14.8. The Morgan fingerprint density at radius 1 is 1.40 bits per heavy atom. The molecule has 2 N–H and O–H groups in total. The Kier molecular flexibility index (Phi) is 4.09. The number of rotatable bonds is 4. The molecule has 0 saturated carbocycles. The molecule has 1 aromatic rings. The highest BCUT2D eigenvalue weighted by Gasteiger charge is 2.47. The molecule has 2 rings (SSSR count). The van der Waals surface area contributed by atoms with Gasteiger partial charge in [0.2, 0.25) is 0 Å². The van der Waals surface area contributed by atoms with E-state index in [0.29, 0.717) is 5.56 Å². The molecule has 0 radical (unpaired) electrons. The molecule has 1 aromatic carbocycles. The van der Waals surface area contributed by atoms with Crippen LogP contribution in [-0.2, 0) is 16.0 Å². The van der Waals surface area contributed by atoms with E-state index in [1.165, 1.54) is 0 Å². The molecule has 0 bridgehead atoms. The molecule has 1 aliphatic heterocycles. The van der Waals surface area contributed by atoms with Gasteiger partial charge in [-0.05, 0) is 31.0 Å². The number of aliphatic carboxylic acids is 1. The van der Waals surface area contributed by atoms with Gasteiger partial charge in [-0.1, -0.05) is 19.1 Å². The molecule has 0 spiro atoms. The molecule has 5 heteroatoms. The van der Waals surface area contributed by atoms with E-state index in [9.17, 15) is 14.7 Å². The number of carbonyl (C=O) groups is 2. The third-order valence-electron chi connectivity index (χ3n) is 3.87. The molecule has 108 valence electrons. The van der Waals surface area contributed by atoms with Gasteiger partial charge in [0, 0.05) is 5.56 Å². The number of hydrogen-bond acceptors (Lipinski definition) is 3. The smallest absolute Gasteiger partial charge is 0.313 e. The van der Waals surface area contributed by atoms with Crippen LogP contribution in [0.5, 0.6) is 0 Å². The van der Waals surface area contributed by atoms with Crippen molar-refractivity contribution in [3.05, 3.63) is 35.4 Å². The van der Waals surface area contributed by atoms with Crippen molar-refractivity contribution in [2.75, 3.05) is 13.2 Å². The lowest BCUT2D eigenvalue weighted by Gasteiger charge is -2.25. The average Bonchev–Trinajstić information content (AvgIpc) is 2.81. The van der Waals surface area contributed by atoms with Crippen LogP contribution in [0.3, 0.4) is 0 Å². The van der Waals surface area contributed by atoms with Crippen molar-refractivity contribution in [3.8, 4) is 0 Å². The van der Waals surface area contributed by atoms with Crippen LogP contribution in [-0.4, -0.2) is 36.2 Å². The van der Waals surface area contributed by atoms with Crippen LogP contribution in [0, 0.1) is 5.41 Å². The number of hydrogen-bond donors (Lipinski definition) is 2. The Labute approximate surface area is 117 Å². The molecule has 20 heavy (non-hydrogen) atoms. The van der Waals surface area contributed by atoms with E-state index < -0.39 is 17.4 Å². The third kappa shape index (κ3) is 2.67. The minimum Gasteiger partial charge on any atom is -0.481 e. The van der Waals surface area contributed by atoms with E-state index in [2.05, 4.69) is 5.32 Å². The van der Waals surface area contributed by atoms with Gasteiger partial charge in [-0.15, -0.1) is 0 Å². The normalized spacial score (nSPS) is 25.4. The number of carboxylic acids is 1. The van der Waals surface area contributed by atoms with E-state index in [0.717, 1.165) is 12.0 Å². The molecule has 1 heterocycles. The van der Waals surface area contributed by atoms with Crippen LogP contribution in [0.25, 0.3) is 0 Å². The van der Waals surface area contributed by atoms with Crippen LogP contribution in [0.1, 0.15) is 29.8 Å². The molecular formula is C15H19NO4. The highest BCUT2D eigenvalue weighted by Crippen LogP contribution is 2.28. The van der Waals surface area contributed by atoms with Crippen LogP contribution < -0.4 is 5.32 Å². The van der Waals surface area contributed by atoms with Crippen molar-refractivity contribution in [3.63, 3.8) is 0 Å². The van der Waals surface area contributed by atoms with E-state index in [4.69, 9.17) is 4.74 Å². The number of benzene rings is 1. The minimum atomic E-state index is -1.07. The summed E-state index contributed by atoms with van der Waals surface area (Å²) in [5.74, 6) is -1.22. The minimum absolute atomic E-state index is 0.113. The largest absolute Gasteiger partial charge is 0.481 e. The van der Waals surface area contributed by atoms with E-state index in [1.54, 1.807) is 19.1 Å². The number of nitrogens with one attached hydrogen (secondary N) is 1. The lowest BCUT2D eigenvalue weighted by molar-refractivity contribution is -0.148. The summed E-state index contributed by atoms with van der Waals surface area (Å²) in [6, 6.07) is 6.79. The molecule has 5 nitrogen and oxygen atoms in total. The van der Waals surface area contributed by atoms with Crippen LogP contribution >= 0.6 is 0 Å². The van der Waals surface area contributed by atoms with Gasteiger partial charge >= 0.3 is 5.97 Å². The molecule has 1 aliphatic rings. The van der Waals surface area contributed by atoms with Gasteiger partial charge in [0.25, 0.3) is 5.91 Å². The van der Waals surface area contributed by atoms with Gasteiger partial charge in [-0.3, -0.25) is 9.59 Å². The summed E-state index contributed by atoms with van der Waals surface area (Å²) in [5, 5.41) is 12.0. The molecule has 1 saturated heterocycles. The molecule has 1 amide bonds. The number of amides is 1. The summed E-state index contributed by atoms with van der Waals surface area (Å²) in [6.07, 6.45) is 0.912. The van der Waals surface area contributed by atoms with Crippen molar-refractivity contribution in [1.82, 2.24) is 5.32 Å². The molecule has 2 atom stereocenters. The first-order chi connectivity index (χ1) is 9.47. The molecule has 0 aromatic heterocycles. The van der Waals surface area contributed by atoms with Gasteiger partial charge in [0.1, 0.15) is 5.41 Å². The predicted octanol–water partition coefficient (Wildman–Crippen LogP) is 1.47. The quantitative estimate of drug-likeness (QED) is 0.874. The Hall–Kier alpha value is -1.88. The fourth-order valence-corrected chi connectivity index (χ4v) is 2.22. The van der Waals surface area contributed by atoms with Crippen molar-refractivity contribution in [1.29, 1.82) is 0 Å². The zero-order valence-electron chi connectivity index (χ0n) is 11.7. The Morgan fingerprint density at radius 2 is 2.05 bits per heavy atom. The summed E-state index contributed by atoms with van der Waals surface area (Å²) in [6.45, 7) is 3.97. The maximum absolute atomic E-state index is 12.2. The van der Waals surface area contributed by atoms with Crippen molar-refractivity contribution in [2.45, 2.75) is 26.3 Å². The molecule has 2 unspecified atom stereocenters. The number of carbonyl (C=O) groups excluding carboxylic acids is 1. The van der Waals surface area contributed by atoms with E-state index in [-0.39, 0.29) is 19.1 Å². The first kappa shape index (κ1) is 14.5. The summed E-state index contributed by atoms with van der Waals surface area (Å²) in [5.41, 5.74) is 0.613. The van der Waals surface area contributed by atoms with Crippen LogP contribution in [0.4, 0.5) is 0 Å². The first-order valence-electron chi connectivity index (χ1n) is 6.68. The second-order valence-electron chi connectivity index (χ2n) is 5.31. The summed E-state index contributed by atoms with van der Waals surface area (Å²) in [4.78, 5) is 23.5. The van der Waals surface area contributed by atoms with Crippen LogP contribution in [0.15, 0.2) is 24.3 Å². The topological polar surface area (TPSA) is 75.6 Å². The molecule has 1 fully saturated rings. The Balaban J connectivity index is 2.09. The number of ether oxygens (including phenoxy) is 1. The molecular weight excluding hydrogens is 258 g/mol. The Bertz CT molecular complexity index is 511. The van der Waals surface area contributed by atoms with Gasteiger partial charge in [-0.2, -0.15) is 0 Å². The average molecular weight is 277 g/mol. The third-order valence-corrected chi connectivity index (χ3v) is 3.87. The zero-order valence-corrected chi connectivity index (χ0v) is 11.7. The van der Waals surface area contributed by atoms with Gasteiger partial charge in [-0.25, -0.2) is 0 Å². The maximum atomic E-state index is 12.2. The van der Waals surface area contributed by atoms with Crippen molar-refractivity contribution >= 4 is 11.9 Å². The lowest BCUT2D eigenvalue weighted by atomic mass is 9.85. The summed E-state index contributed by atoms with van der Waals surface area (Å²) in [7, 11) is 0. The number of aryl methyl sites for hydroxylation is 1. The van der Waals surface area contributed by atoms with Crippen molar-refractivity contribution < 1.29 is 19.4 Å². The van der Waals surface area contributed by atoms with Gasteiger partial charge in [0.15, 0.2) is 0 Å². The fraction of sp³-hybridized carbons (Fsp3) is 0.467. The van der Waals surface area contributed by atoms with Crippen molar-refractivity contribution in [2.24, 2.45) is 5.41 Å². The molecule has 0 aliphatic carbocycles. The second kappa shape index (κ2) is 5.63. The summed E-state index contributed by atoms with van der Waals surface area (Å²) >= 11 is 0. The SMILES string of the molecule is CCc1ccc(C(=O)NC2COCC2(C)C(=O)O)cc1. The van der Waals surface area contributed by atoms with E-state index in [1.807, 2.05) is 19.1 Å². The summed E-state index contributed by atoms with van der Waals surface area (Å²) < 4.78 is 5.21. The maximum Gasteiger partial charge on any atom is 0.313 e. The number of carboxylic acid groups (broad SMARTS) is 1. The standard InChI is InChI=1S/C15H19NO4/c1-3-10-4-6-11(7-5-10)13(17)16-12-8-20-9-15(12,2)14(18)19/h4-7,12H,3,8-9H2,1-2H3,(H,16,17)(H,18,19). The van der Waals surface area contributed by atoms with Gasteiger partial charge in [0.05, 0.1) is 19.3 Å². The monoisotopic (exact) mass is 277 g/mol. The Morgan fingerprint density at radius 3 is 2.60 bits per heavy atom. The fourth-order valence-electron chi connectivity index (χ4n) is 2.22. The predicted molar refractivity (Wildman–Crippen MR) is 73.6 cm³/mol. The highest BCUT2D eigenvalue weighted by molar-refractivity contribution is 5.95. The second-order valence-corrected chi connectivity index (χ2v) is 5.31. The lowest BCUT2D eigenvalue weighted by Crippen LogP contribution is -2.49. The first-order valence-corrected chi connectivity index (χ1v) is 6.68.